The zero-order chi connectivity index (χ0) is 62.6. The van der Waals surface area contributed by atoms with E-state index in [4.69, 9.17) is 37.9 Å². The van der Waals surface area contributed by atoms with Crippen LogP contribution in [-0.4, -0.2) is 174 Å². The molecule has 482 valence electrons. The number of aromatic nitrogens is 3. The SMILES string of the molecule is CC(C)(C)OC(=O)NC1CC(c2cc([C@@H]3CC4(CC4)[C@@H]4CN3C(=O)N4O)no2)C1.CC(C)(C)OC(=O)NC1CC(c2cc([C@@H]3CC4(CC4)[C@@H]4CN3C(=O)N4OS(=O)(=O)O)no2)C1.NC1CC(c2cc([C@@H]3CC4(CC4)[C@@H]4CN3C(=O)N4OS(=O)(=O)O)no2)C1. The van der Waals surface area contributed by atoms with Gasteiger partial charge in [-0.15, -0.1) is 8.57 Å². The Hall–Kier alpha value is -6.36. The van der Waals surface area contributed by atoms with E-state index in [1.807, 2.05) is 59.7 Å². The highest BCUT2D eigenvalue weighted by atomic mass is 32.3. The van der Waals surface area contributed by atoms with Crippen LogP contribution in [0.15, 0.2) is 31.8 Å². The molecule has 12 fully saturated rings. The van der Waals surface area contributed by atoms with Crippen molar-refractivity contribution in [1.82, 2.24) is 56.0 Å². The molecule has 0 unspecified atom stereocenters. The van der Waals surface area contributed by atoms with Crippen molar-refractivity contribution in [3.63, 3.8) is 0 Å². The smallest absolute Gasteiger partial charge is 0.418 e. The lowest BCUT2D eigenvalue weighted by Gasteiger charge is -2.35. The summed E-state index contributed by atoms with van der Waals surface area (Å²) in [5, 5.41) is 31.1. The number of fused-ring (bicyclic) bond motifs is 9. The number of amides is 8. The fourth-order valence-electron chi connectivity index (χ4n) is 14.8. The molecule has 6 aliphatic heterocycles. The fourth-order valence-corrected chi connectivity index (χ4v) is 15.6. The third-order valence-electron chi connectivity index (χ3n) is 20.1. The van der Waals surface area contributed by atoms with Crippen molar-refractivity contribution in [1.29, 1.82) is 0 Å². The van der Waals surface area contributed by atoms with Gasteiger partial charge in [0.15, 0.2) is 0 Å². The molecule has 7 N–H and O–H groups in total. The van der Waals surface area contributed by atoms with E-state index in [1.165, 1.54) is 4.90 Å². The molecular weight excluding hydrogens is 1200 g/mol. The van der Waals surface area contributed by atoms with Crippen LogP contribution in [0.3, 0.4) is 0 Å². The van der Waals surface area contributed by atoms with Crippen LogP contribution in [0.25, 0.3) is 0 Å². The molecule has 3 aromatic rings. The summed E-state index contributed by atoms with van der Waals surface area (Å²) >= 11 is 0. The molecule has 6 aliphatic carbocycles. The van der Waals surface area contributed by atoms with Crippen LogP contribution in [0.4, 0.5) is 24.0 Å². The lowest BCUT2D eigenvalue weighted by atomic mass is 9.78. The van der Waals surface area contributed by atoms with Crippen molar-refractivity contribution in [2.45, 2.75) is 221 Å². The van der Waals surface area contributed by atoms with Gasteiger partial charge in [0.2, 0.25) is 0 Å². The van der Waals surface area contributed by atoms with E-state index >= 15 is 0 Å². The first kappa shape index (κ1) is 60.5. The number of rotatable bonds is 12. The summed E-state index contributed by atoms with van der Waals surface area (Å²) in [5.74, 6) is 2.84. The normalized spacial score (nSPS) is 32.4. The first-order valence-corrected chi connectivity index (χ1v) is 32.9. The summed E-state index contributed by atoms with van der Waals surface area (Å²) in [4.78, 5) is 66.6. The van der Waals surface area contributed by atoms with Crippen LogP contribution in [0, 0.1) is 16.2 Å². The molecular formula is C55H76N12O19S2. The van der Waals surface area contributed by atoms with E-state index in [-0.39, 0.29) is 88.4 Å². The molecule has 8 amide bonds. The number of ether oxygens (including phenoxy) is 2. The van der Waals surface area contributed by atoms with E-state index in [2.05, 4.69) is 34.7 Å². The van der Waals surface area contributed by atoms with Gasteiger partial charge in [-0.25, -0.2) is 29.0 Å². The minimum Gasteiger partial charge on any atom is -0.444 e. The fraction of sp³-hybridized carbons (Fsp3) is 0.745. The number of nitrogens with zero attached hydrogens (tertiary/aromatic N) is 9. The maximum absolute atomic E-state index is 12.9. The Morgan fingerprint density at radius 2 is 0.875 bits per heavy atom. The maximum atomic E-state index is 12.9. The molecule has 0 radical (unpaired) electrons. The average molecular weight is 1270 g/mol. The topological polar surface area (TPSA) is 399 Å². The molecule has 6 saturated heterocycles. The molecule has 33 heteroatoms. The Balaban J connectivity index is 0.000000123. The van der Waals surface area contributed by atoms with Crippen molar-refractivity contribution in [2.75, 3.05) is 19.6 Å². The minimum atomic E-state index is -4.81. The minimum absolute atomic E-state index is 0.00475. The number of hydroxylamine groups is 6. The monoisotopic (exact) mass is 1270 g/mol. The largest absolute Gasteiger partial charge is 0.444 e. The number of urea groups is 3. The molecule has 31 nitrogen and oxygen atoms in total. The second-order valence-electron chi connectivity index (χ2n) is 28.5. The Bertz CT molecular complexity index is 3480. The highest BCUT2D eigenvalue weighted by Gasteiger charge is 2.67. The van der Waals surface area contributed by atoms with Crippen LogP contribution in [0.1, 0.15) is 208 Å². The molecule has 6 atom stereocenters. The first-order valence-electron chi connectivity index (χ1n) is 30.2. The molecule has 6 bridgehead atoms. The third kappa shape index (κ3) is 11.8. The van der Waals surface area contributed by atoms with Crippen LogP contribution in [-0.2, 0) is 38.8 Å². The van der Waals surface area contributed by atoms with E-state index in [0.717, 1.165) is 103 Å². The molecule has 12 aliphatic rings. The van der Waals surface area contributed by atoms with Crippen molar-refractivity contribution >= 4 is 51.1 Å². The van der Waals surface area contributed by atoms with Gasteiger partial charge in [-0.2, -0.15) is 27.0 Å². The van der Waals surface area contributed by atoms with E-state index in [0.29, 0.717) is 62.5 Å². The Kier molecular flexibility index (Phi) is 14.5. The molecule has 88 heavy (non-hydrogen) atoms. The summed E-state index contributed by atoms with van der Waals surface area (Å²) < 4.78 is 99.3. The number of carbonyl (C=O) groups is 5. The van der Waals surface area contributed by atoms with Gasteiger partial charge in [-0.1, -0.05) is 15.5 Å². The van der Waals surface area contributed by atoms with Crippen molar-refractivity contribution < 1.29 is 86.7 Å². The Morgan fingerprint density at radius 3 is 1.19 bits per heavy atom. The Morgan fingerprint density at radius 1 is 0.557 bits per heavy atom. The number of alkyl carbamates (subject to hydrolysis) is 2. The van der Waals surface area contributed by atoms with Gasteiger partial charge in [0.25, 0.3) is 0 Å². The summed E-state index contributed by atoms with van der Waals surface area (Å²) in [6.07, 6.45) is 11.5. The number of nitrogens with two attached hydrogens (primary N) is 1. The van der Waals surface area contributed by atoms with Crippen molar-refractivity contribution in [3.05, 3.63) is 52.6 Å². The van der Waals surface area contributed by atoms with Gasteiger partial charge in [0.05, 0.1) is 36.3 Å². The summed E-state index contributed by atoms with van der Waals surface area (Å²) in [6, 6.07) is 2.71. The second kappa shape index (κ2) is 21.1. The van der Waals surface area contributed by atoms with Gasteiger partial charge in [0.1, 0.15) is 45.6 Å². The number of nitrogens with one attached hydrogen (secondary N) is 2. The molecule has 3 aromatic heterocycles. The van der Waals surface area contributed by atoms with Crippen LogP contribution < -0.4 is 16.4 Å². The predicted molar refractivity (Wildman–Crippen MR) is 297 cm³/mol. The van der Waals surface area contributed by atoms with E-state index in [9.17, 15) is 46.0 Å². The molecule has 15 rings (SSSR count). The van der Waals surface area contributed by atoms with Gasteiger partial charge < -0.3 is 54.1 Å². The quantitative estimate of drug-likeness (QED) is 0.0819. The number of hydrogen-bond acceptors (Lipinski definition) is 21. The number of piperidine rings is 3. The molecule has 3 spiro atoms. The summed E-state index contributed by atoms with van der Waals surface area (Å²) in [7, 11) is -9.56. The highest BCUT2D eigenvalue weighted by Crippen LogP contribution is 2.64. The van der Waals surface area contributed by atoms with E-state index in [1.54, 1.807) is 9.80 Å². The molecule has 9 heterocycles. The average Bonchev–Trinajstić information content (AvgIpc) is 1.65. The second-order valence-corrected chi connectivity index (χ2v) is 30.5. The lowest BCUT2D eigenvalue weighted by Crippen LogP contribution is -2.45. The zero-order valence-electron chi connectivity index (χ0n) is 49.7. The summed E-state index contributed by atoms with van der Waals surface area (Å²) in [6.45, 7) is 12.1. The highest BCUT2D eigenvalue weighted by molar-refractivity contribution is 7.81. The Labute approximate surface area is 507 Å². The van der Waals surface area contributed by atoms with Crippen LogP contribution in [0.2, 0.25) is 0 Å². The van der Waals surface area contributed by atoms with Gasteiger partial charge in [-0.05, 0) is 154 Å². The van der Waals surface area contributed by atoms with Gasteiger partial charge >= 0.3 is 51.1 Å². The van der Waals surface area contributed by atoms with Crippen LogP contribution in [0.5, 0.6) is 0 Å². The van der Waals surface area contributed by atoms with Crippen molar-refractivity contribution in [3.8, 4) is 0 Å². The zero-order valence-corrected chi connectivity index (χ0v) is 51.3. The number of carbonyl (C=O) groups excluding carboxylic acids is 5. The van der Waals surface area contributed by atoms with E-state index < -0.39 is 62.3 Å². The van der Waals surface area contributed by atoms with Gasteiger partial charge in [0, 0.05) is 73.7 Å². The third-order valence-corrected chi connectivity index (χ3v) is 20.8. The lowest BCUT2D eigenvalue weighted by molar-refractivity contribution is -0.0782. The van der Waals surface area contributed by atoms with Crippen LogP contribution >= 0.6 is 0 Å². The van der Waals surface area contributed by atoms with Gasteiger partial charge in [-0.3, -0.25) is 14.3 Å². The maximum Gasteiger partial charge on any atom is 0.418 e. The first-order chi connectivity index (χ1) is 41.2. The molecule has 6 saturated carbocycles. The number of hydrogen-bond donors (Lipinski definition) is 6. The summed E-state index contributed by atoms with van der Waals surface area (Å²) in [5.41, 5.74) is 6.38. The van der Waals surface area contributed by atoms with Crippen molar-refractivity contribution in [2.24, 2.45) is 22.0 Å². The standard InChI is InChI=1S/C20H28N4O8S.C20H28N4O5.C15H20N4O6S/c1-19(2,3)30-17(25)21-12-6-11(7-12)15-8-13(22-31-15)14-9-20(4-5-20)16-10-23(14)18(26)24(16)32-33(27,28)29;1-19(2,3)28-17(25)21-12-6-11(7-12)15-8-13(22-29-15)14-9-20(4-5-20)16-10-23(14)18(26)24(16)27;16-9-3-8(4-9)12-5-10(17-24-12)11-6-15(1-2-15)13-7-18(11)14(20)19(13)25-26(21,22)23/h8,11-12,14,16H,4-7,9-10H2,1-3H3,(H,21,25)(H,27,28,29);8,11-12,14,16,27H,4-7,9-10H2,1-3H3,(H,21,25);5,8-9,11,13H,1-4,6-7,16H2,(H,21,22,23)/t2*11?,12?,14-,16-;8?,9?,11-,13-/m000/s1. The predicted octanol–water partition coefficient (Wildman–Crippen LogP) is 6.62. The molecule has 0 aromatic carbocycles.